The number of nitrogens with zero attached hydrogens (tertiary/aromatic N) is 3. The molecule has 1 fully saturated rings. The highest BCUT2D eigenvalue weighted by atomic mass is 16.6. The molecule has 1 aliphatic rings. The first-order chi connectivity index (χ1) is 10.6. The summed E-state index contributed by atoms with van der Waals surface area (Å²) >= 11 is 0. The Hall–Kier alpha value is -1.91. The second kappa shape index (κ2) is 6.07. The Morgan fingerprint density at radius 2 is 1.86 bits per heavy atom. The van der Waals surface area contributed by atoms with Gasteiger partial charge in [0.2, 0.25) is 5.89 Å². The molecule has 118 valence electrons. The Labute approximate surface area is 124 Å². The molecule has 5 atom stereocenters. The van der Waals surface area contributed by atoms with Crippen LogP contribution in [0.1, 0.15) is 12.0 Å². The van der Waals surface area contributed by atoms with Gasteiger partial charge in [-0.15, -0.1) is 10.2 Å². The lowest BCUT2D eigenvalue weighted by atomic mass is 9.95. The maximum Gasteiger partial charge on any atom is 0.266 e. The third-order valence-corrected chi connectivity index (χ3v) is 3.46. The van der Waals surface area contributed by atoms with Crippen LogP contribution in [0, 0.1) is 0 Å². The van der Waals surface area contributed by atoms with Crippen LogP contribution in [0.15, 0.2) is 28.8 Å². The predicted octanol–water partition coefficient (Wildman–Crippen LogP) is -1.35. The predicted molar refractivity (Wildman–Crippen MR) is 70.2 cm³/mol. The Kier molecular flexibility index (Phi) is 4.14. The number of aromatic nitrogens is 3. The van der Waals surface area contributed by atoms with Crippen LogP contribution in [0.4, 0.5) is 0 Å². The first-order valence-electron chi connectivity index (χ1n) is 6.67. The lowest BCUT2D eigenvalue weighted by Crippen LogP contribution is -2.55. The highest BCUT2D eigenvalue weighted by Crippen LogP contribution is 2.32. The van der Waals surface area contributed by atoms with Gasteiger partial charge in [-0.2, -0.15) is 0 Å². The second-order valence-electron chi connectivity index (χ2n) is 4.91. The van der Waals surface area contributed by atoms with Gasteiger partial charge in [-0.05, 0) is 12.1 Å². The molecule has 2 aromatic heterocycles. The quantitative estimate of drug-likeness (QED) is 0.541. The molecule has 2 unspecified atom stereocenters. The fourth-order valence-corrected chi connectivity index (χ4v) is 2.25. The van der Waals surface area contributed by atoms with Gasteiger partial charge in [0.15, 0.2) is 6.10 Å². The summed E-state index contributed by atoms with van der Waals surface area (Å²) in [4.78, 5) is 4.06. The monoisotopic (exact) mass is 309 g/mol. The minimum atomic E-state index is -1.50. The van der Waals surface area contributed by atoms with Gasteiger partial charge in [0.1, 0.15) is 30.1 Å². The molecule has 2 aromatic rings. The summed E-state index contributed by atoms with van der Waals surface area (Å²) in [6.45, 7) is -0.525. The smallest absolute Gasteiger partial charge is 0.266 e. The van der Waals surface area contributed by atoms with Crippen molar-refractivity contribution in [3.05, 3.63) is 30.3 Å². The minimum absolute atomic E-state index is 0.0717. The van der Waals surface area contributed by atoms with Gasteiger partial charge in [0.05, 0.1) is 6.61 Å². The summed E-state index contributed by atoms with van der Waals surface area (Å²) in [6, 6.07) is 5.16. The van der Waals surface area contributed by atoms with E-state index in [9.17, 15) is 15.3 Å². The summed E-state index contributed by atoms with van der Waals surface area (Å²) < 4.78 is 10.8. The molecule has 1 aliphatic heterocycles. The first kappa shape index (κ1) is 15.0. The third kappa shape index (κ3) is 2.60. The summed E-state index contributed by atoms with van der Waals surface area (Å²) in [5, 5.41) is 46.2. The summed E-state index contributed by atoms with van der Waals surface area (Å²) in [7, 11) is 0. The van der Waals surface area contributed by atoms with E-state index in [1.165, 1.54) is 0 Å². The Bertz CT molecular complexity index is 619. The van der Waals surface area contributed by atoms with Crippen molar-refractivity contribution >= 4 is 0 Å². The average Bonchev–Trinajstić information content (AvgIpc) is 3.04. The van der Waals surface area contributed by atoms with E-state index < -0.39 is 37.1 Å². The molecule has 0 spiro atoms. The number of aliphatic hydroxyl groups is 4. The van der Waals surface area contributed by atoms with Gasteiger partial charge in [0.25, 0.3) is 5.89 Å². The second-order valence-corrected chi connectivity index (χ2v) is 4.91. The number of hydrogen-bond acceptors (Lipinski definition) is 9. The molecule has 0 saturated carbocycles. The lowest BCUT2D eigenvalue weighted by Gasteiger charge is -2.38. The molecule has 0 amide bonds. The van der Waals surface area contributed by atoms with E-state index in [2.05, 4.69) is 15.2 Å². The number of aliphatic hydroxyl groups excluding tert-OH is 4. The van der Waals surface area contributed by atoms with Gasteiger partial charge in [-0.3, -0.25) is 4.98 Å². The zero-order chi connectivity index (χ0) is 15.7. The van der Waals surface area contributed by atoms with Crippen molar-refractivity contribution in [3.63, 3.8) is 0 Å². The van der Waals surface area contributed by atoms with E-state index in [0.717, 1.165) is 0 Å². The summed E-state index contributed by atoms with van der Waals surface area (Å²) in [6.07, 6.45) is -5.02. The molecule has 1 saturated heterocycles. The van der Waals surface area contributed by atoms with Crippen LogP contribution < -0.4 is 0 Å². The largest absolute Gasteiger partial charge is 0.416 e. The van der Waals surface area contributed by atoms with Crippen molar-refractivity contribution in [2.45, 2.75) is 30.5 Å². The van der Waals surface area contributed by atoms with Gasteiger partial charge < -0.3 is 29.6 Å². The topological polar surface area (TPSA) is 142 Å². The molecule has 0 aliphatic carbocycles. The molecular weight excluding hydrogens is 294 g/mol. The minimum Gasteiger partial charge on any atom is -0.416 e. The number of pyridine rings is 1. The van der Waals surface area contributed by atoms with Gasteiger partial charge in [-0.25, -0.2) is 0 Å². The molecule has 22 heavy (non-hydrogen) atoms. The Balaban J connectivity index is 1.86. The van der Waals surface area contributed by atoms with Crippen molar-refractivity contribution in [3.8, 4) is 11.6 Å². The lowest BCUT2D eigenvalue weighted by molar-refractivity contribution is -0.236. The Morgan fingerprint density at radius 3 is 2.55 bits per heavy atom. The Morgan fingerprint density at radius 1 is 1.05 bits per heavy atom. The van der Waals surface area contributed by atoms with E-state index >= 15 is 0 Å². The van der Waals surface area contributed by atoms with Gasteiger partial charge in [-0.1, -0.05) is 6.07 Å². The van der Waals surface area contributed by atoms with E-state index in [4.69, 9.17) is 14.3 Å². The van der Waals surface area contributed by atoms with Gasteiger partial charge >= 0.3 is 0 Å². The van der Waals surface area contributed by atoms with Crippen LogP contribution in [0.3, 0.4) is 0 Å². The van der Waals surface area contributed by atoms with Crippen LogP contribution in [0.25, 0.3) is 11.6 Å². The van der Waals surface area contributed by atoms with E-state index in [0.29, 0.717) is 5.69 Å². The standard InChI is InChI=1S/C13H15N3O6/c17-5-7-8(18)9(19)10(20)11(21-7)13-16-15-12(22-13)6-3-1-2-4-14-6/h1-4,7-11,17-20H,5H2/t7?,8-,9+,10?,11-/m1/s1. The number of rotatable bonds is 3. The average molecular weight is 309 g/mol. The van der Waals surface area contributed by atoms with Crippen molar-refractivity contribution in [2.75, 3.05) is 6.61 Å². The zero-order valence-corrected chi connectivity index (χ0v) is 11.4. The van der Waals surface area contributed by atoms with Crippen LogP contribution in [-0.4, -0.2) is 66.6 Å². The molecule has 9 heteroatoms. The molecule has 0 radical (unpaired) electrons. The molecule has 0 aromatic carbocycles. The maximum atomic E-state index is 9.99. The van der Waals surface area contributed by atoms with E-state index in [1.54, 1.807) is 24.4 Å². The fourth-order valence-electron chi connectivity index (χ4n) is 2.25. The molecule has 4 N–H and O–H groups in total. The van der Waals surface area contributed by atoms with Crippen LogP contribution in [-0.2, 0) is 4.74 Å². The highest BCUT2D eigenvalue weighted by molar-refractivity contribution is 5.44. The number of hydrogen-bond donors (Lipinski definition) is 4. The summed E-state index contributed by atoms with van der Waals surface area (Å²) in [5.74, 6) is 0.0603. The van der Waals surface area contributed by atoms with E-state index in [-0.39, 0.29) is 11.8 Å². The van der Waals surface area contributed by atoms with Crippen molar-refractivity contribution in [2.24, 2.45) is 0 Å². The maximum absolute atomic E-state index is 9.99. The van der Waals surface area contributed by atoms with Crippen molar-refractivity contribution in [1.82, 2.24) is 15.2 Å². The van der Waals surface area contributed by atoms with Gasteiger partial charge in [0, 0.05) is 6.20 Å². The normalized spacial score (nSPS) is 32.1. The molecular formula is C13H15N3O6. The first-order valence-corrected chi connectivity index (χ1v) is 6.67. The highest BCUT2D eigenvalue weighted by Gasteiger charge is 2.46. The summed E-state index contributed by atoms with van der Waals surface area (Å²) in [5.41, 5.74) is 0.450. The molecule has 3 heterocycles. The van der Waals surface area contributed by atoms with Crippen LogP contribution in [0.5, 0.6) is 0 Å². The van der Waals surface area contributed by atoms with Crippen LogP contribution >= 0.6 is 0 Å². The van der Waals surface area contributed by atoms with Crippen molar-refractivity contribution in [1.29, 1.82) is 0 Å². The molecule has 0 bridgehead atoms. The SMILES string of the molecule is OCC1O[C@@H](c2nnc(-c3ccccn3)o2)C(O)[C@@H](O)[C@@H]1O. The zero-order valence-electron chi connectivity index (χ0n) is 11.4. The molecule has 3 rings (SSSR count). The number of ether oxygens (including phenoxy) is 1. The van der Waals surface area contributed by atoms with E-state index in [1.807, 2.05) is 0 Å². The fraction of sp³-hybridized carbons (Fsp3) is 0.462. The van der Waals surface area contributed by atoms with Crippen molar-refractivity contribution < 1.29 is 29.6 Å². The third-order valence-electron chi connectivity index (χ3n) is 3.46. The molecule has 9 nitrogen and oxygen atoms in total. The van der Waals surface area contributed by atoms with Crippen LogP contribution in [0.2, 0.25) is 0 Å².